The van der Waals surface area contributed by atoms with Gasteiger partial charge in [-0.1, -0.05) is 50.8 Å². The number of azo groups is 1. The van der Waals surface area contributed by atoms with Gasteiger partial charge in [0.1, 0.15) is 0 Å². The van der Waals surface area contributed by atoms with Gasteiger partial charge in [0.05, 0.1) is 5.52 Å². The number of nitrogens with one attached hydrogen (secondary N) is 1. The zero-order valence-electron chi connectivity index (χ0n) is 12.3. The minimum absolute atomic E-state index is 0.0595. The van der Waals surface area contributed by atoms with Crippen LogP contribution in [0.25, 0.3) is 10.9 Å². The van der Waals surface area contributed by atoms with Crippen molar-refractivity contribution in [2.45, 2.75) is 45.4 Å². The zero-order chi connectivity index (χ0) is 15.1. The first-order valence-corrected chi connectivity index (χ1v) is 7.46. The summed E-state index contributed by atoms with van der Waals surface area (Å²) in [5, 5.41) is 18.2. The number of unbranched alkanes of at least 4 members (excludes halogenated alkanes) is 4. The summed E-state index contributed by atoms with van der Waals surface area (Å²) < 4.78 is 0. The molecule has 5 nitrogen and oxygen atoms in total. The van der Waals surface area contributed by atoms with Gasteiger partial charge in [0.15, 0.2) is 5.69 Å². The number of nitrogens with zero attached hydrogens (tertiary/aromatic N) is 2. The molecule has 0 saturated heterocycles. The molecule has 0 atom stereocenters. The number of carbonyl (C=O) groups excluding carboxylic acids is 1. The third-order valence-corrected chi connectivity index (χ3v) is 3.42. The van der Waals surface area contributed by atoms with Gasteiger partial charge in [-0.2, -0.15) is 0 Å². The van der Waals surface area contributed by atoms with E-state index in [2.05, 4.69) is 22.1 Å². The molecule has 21 heavy (non-hydrogen) atoms. The van der Waals surface area contributed by atoms with E-state index in [4.69, 9.17) is 0 Å². The minimum Gasteiger partial charge on any atom is -0.493 e. The van der Waals surface area contributed by atoms with Crippen molar-refractivity contribution in [3.8, 4) is 5.88 Å². The number of hydrogen-bond donors (Lipinski definition) is 2. The van der Waals surface area contributed by atoms with Gasteiger partial charge < -0.3 is 10.1 Å². The number of para-hydroxylation sites is 1. The van der Waals surface area contributed by atoms with Crippen molar-refractivity contribution >= 4 is 22.5 Å². The number of rotatable bonds is 7. The van der Waals surface area contributed by atoms with Gasteiger partial charge in [0.2, 0.25) is 5.88 Å². The number of carbonyl (C=O) groups is 1. The van der Waals surface area contributed by atoms with Crippen LogP contribution in [-0.2, 0) is 4.79 Å². The molecule has 2 rings (SSSR count). The summed E-state index contributed by atoms with van der Waals surface area (Å²) in [5.74, 6) is -0.299. The summed E-state index contributed by atoms with van der Waals surface area (Å²) in [4.78, 5) is 14.5. The molecule has 1 aromatic carbocycles. The quantitative estimate of drug-likeness (QED) is 0.564. The molecule has 2 N–H and O–H groups in total. The molecular weight excluding hydrogens is 266 g/mol. The molecule has 2 aromatic rings. The first-order chi connectivity index (χ1) is 10.2. The summed E-state index contributed by atoms with van der Waals surface area (Å²) in [7, 11) is 0. The number of benzene rings is 1. The van der Waals surface area contributed by atoms with Gasteiger partial charge in [-0.05, 0) is 12.5 Å². The van der Waals surface area contributed by atoms with E-state index >= 15 is 0 Å². The number of amides is 1. The number of aromatic nitrogens is 1. The fourth-order valence-electron chi connectivity index (χ4n) is 2.25. The third kappa shape index (κ3) is 4.15. The standard InChI is InChI=1S/C16H21N3O2/c1-2-3-4-5-6-11-14(20)18-19-15-12-9-7-8-10-13(12)17-16(15)21/h7-10,17,21H,2-6,11H2,1H3. The van der Waals surface area contributed by atoms with E-state index < -0.39 is 0 Å². The molecule has 0 radical (unpaired) electrons. The Hall–Kier alpha value is -2.17. The van der Waals surface area contributed by atoms with Crippen molar-refractivity contribution in [1.82, 2.24) is 4.98 Å². The smallest absolute Gasteiger partial charge is 0.264 e. The molecule has 1 heterocycles. The van der Waals surface area contributed by atoms with Crippen molar-refractivity contribution < 1.29 is 9.90 Å². The Morgan fingerprint density at radius 2 is 1.95 bits per heavy atom. The van der Waals surface area contributed by atoms with E-state index in [-0.39, 0.29) is 11.8 Å². The van der Waals surface area contributed by atoms with Crippen LogP contribution in [0.5, 0.6) is 5.88 Å². The lowest BCUT2D eigenvalue weighted by Crippen LogP contribution is -1.91. The maximum Gasteiger partial charge on any atom is 0.264 e. The average Bonchev–Trinajstić information content (AvgIpc) is 2.80. The molecule has 1 aromatic heterocycles. The highest BCUT2D eigenvalue weighted by molar-refractivity contribution is 5.94. The van der Waals surface area contributed by atoms with Crippen molar-refractivity contribution in [3.05, 3.63) is 24.3 Å². The highest BCUT2D eigenvalue weighted by atomic mass is 16.3. The highest BCUT2D eigenvalue weighted by Crippen LogP contribution is 2.35. The fourth-order valence-corrected chi connectivity index (χ4v) is 2.25. The molecule has 5 heteroatoms. The summed E-state index contributed by atoms with van der Waals surface area (Å²) in [6.07, 6.45) is 5.86. The van der Waals surface area contributed by atoms with Crippen LogP contribution in [-0.4, -0.2) is 16.0 Å². The molecule has 112 valence electrons. The van der Waals surface area contributed by atoms with E-state index in [1.165, 1.54) is 12.8 Å². The summed E-state index contributed by atoms with van der Waals surface area (Å²) in [5.41, 5.74) is 1.10. The lowest BCUT2D eigenvalue weighted by atomic mass is 10.1. The fraction of sp³-hybridized carbons (Fsp3) is 0.438. The summed E-state index contributed by atoms with van der Waals surface area (Å²) in [6, 6.07) is 7.38. The normalized spacial score (nSPS) is 11.5. The largest absolute Gasteiger partial charge is 0.493 e. The second-order valence-corrected chi connectivity index (χ2v) is 5.13. The Morgan fingerprint density at radius 3 is 2.76 bits per heavy atom. The first-order valence-electron chi connectivity index (χ1n) is 7.46. The topological polar surface area (TPSA) is 77.8 Å². The number of H-pyrrole nitrogens is 1. The lowest BCUT2D eigenvalue weighted by molar-refractivity contribution is -0.118. The van der Waals surface area contributed by atoms with E-state index in [0.29, 0.717) is 12.1 Å². The lowest BCUT2D eigenvalue weighted by Gasteiger charge is -1.96. The highest BCUT2D eigenvalue weighted by Gasteiger charge is 2.10. The van der Waals surface area contributed by atoms with Gasteiger partial charge in [-0.15, -0.1) is 10.2 Å². The van der Waals surface area contributed by atoms with Crippen LogP contribution in [0.4, 0.5) is 5.69 Å². The van der Waals surface area contributed by atoms with E-state index in [1.54, 1.807) is 0 Å². The van der Waals surface area contributed by atoms with Crippen LogP contribution in [0.15, 0.2) is 34.5 Å². The van der Waals surface area contributed by atoms with Crippen LogP contribution in [0.1, 0.15) is 45.4 Å². The molecular formula is C16H21N3O2. The molecule has 0 aliphatic carbocycles. The molecule has 0 aliphatic rings. The Balaban J connectivity index is 1.93. The Morgan fingerprint density at radius 1 is 1.19 bits per heavy atom. The number of fused-ring (bicyclic) bond motifs is 1. The van der Waals surface area contributed by atoms with Crippen molar-refractivity contribution in [2.24, 2.45) is 10.2 Å². The minimum atomic E-state index is -0.240. The summed E-state index contributed by atoms with van der Waals surface area (Å²) >= 11 is 0. The SMILES string of the molecule is CCCCCCCC(=O)N=Nc1c(O)[nH]c2ccccc12. The summed E-state index contributed by atoms with van der Waals surface area (Å²) in [6.45, 7) is 2.16. The molecule has 0 spiro atoms. The van der Waals surface area contributed by atoms with Crippen LogP contribution in [0, 0.1) is 0 Å². The van der Waals surface area contributed by atoms with Gasteiger partial charge >= 0.3 is 0 Å². The van der Waals surface area contributed by atoms with Crippen LogP contribution >= 0.6 is 0 Å². The molecule has 0 aliphatic heterocycles. The monoisotopic (exact) mass is 287 g/mol. The molecule has 0 fully saturated rings. The van der Waals surface area contributed by atoms with Crippen LogP contribution < -0.4 is 0 Å². The maximum absolute atomic E-state index is 11.7. The molecule has 0 saturated carbocycles. The van der Waals surface area contributed by atoms with Gasteiger partial charge in [-0.3, -0.25) is 4.79 Å². The second-order valence-electron chi connectivity index (χ2n) is 5.13. The van der Waals surface area contributed by atoms with Gasteiger partial charge in [0, 0.05) is 11.8 Å². The van der Waals surface area contributed by atoms with Gasteiger partial charge in [0.25, 0.3) is 5.91 Å². The molecule has 1 amide bonds. The van der Waals surface area contributed by atoms with Gasteiger partial charge in [-0.25, -0.2) is 0 Å². The van der Waals surface area contributed by atoms with Crippen LogP contribution in [0.3, 0.4) is 0 Å². The second kappa shape index (κ2) is 7.57. The van der Waals surface area contributed by atoms with Crippen molar-refractivity contribution in [3.63, 3.8) is 0 Å². The maximum atomic E-state index is 11.7. The predicted molar refractivity (Wildman–Crippen MR) is 82.9 cm³/mol. The van der Waals surface area contributed by atoms with E-state index in [1.807, 2.05) is 24.3 Å². The van der Waals surface area contributed by atoms with E-state index in [0.717, 1.165) is 30.2 Å². The predicted octanol–water partition coefficient (Wildman–Crippen LogP) is 4.84. The number of hydrogen-bond acceptors (Lipinski definition) is 3. The third-order valence-electron chi connectivity index (χ3n) is 3.42. The average molecular weight is 287 g/mol. The van der Waals surface area contributed by atoms with Crippen LogP contribution in [0.2, 0.25) is 0 Å². The van der Waals surface area contributed by atoms with E-state index in [9.17, 15) is 9.90 Å². The first kappa shape index (κ1) is 15.2. The Kier molecular flexibility index (Phi) is 5.49. The Labute approximate surface area is 124 Å². The molecule has 0 bridgehead atoms. The zero-order valence-corrected chi connectivity index (χ0v) is 12.3. The van der Waals surface area contributed by atoms with Crippen molar-refractivity contribution in [1.29, 1.82) is 0 Å². The van der Waals surface area contributed by atoms with Crippen molar-refractivity contribution in [2.75, 3.05) is 0 Å². The number of aromatic hydroxyl groups is 1. The Bertz CT molecular complexity index is 631. The molecule has 0 unspecified atom stereocenters. The number of aromatic amines is 1.